The average molecular weight is 288 g/mol. The monoisotopic (exact) mass is 288 g/mol. The summed E-state index contributed by atoms with van der Waals surface area (Å²) in [5.41, 5.74) is 1.57. The van der Waals surface area contributed by atoms with E-state index in [4.69, 9.17) is 0 Å². The van der Waals surface area contributed by atoms with Gasteiger partial charge in [-0.25, -0.2) is 0 Å². The van der Waals surface area contributed by atoms with E-state index in [-0.39, 0.29) is 19.4 Å². The molecule has 6 heteroatoms. The zero-order chi connectivity index (χ0) is 14.8. The van der Waals surface area contributed by atoms with Gasteiger partial charge in [-0.05, 0) is 42.5 Å². The topological polar surface area (TPSA) is 20.3 Å². The first-order chi connectivity index (χ1) is 9.43. The first kappa shape index (κ1) is 14.8. The van der Waals surface area contributed by atoms with Crippen molar-refractivity contribution in [2.45, 2.75) is 38.0 Å². The number of alkyl halides is 4. The van der Waals surface area contributed by atoms with Crippen molar-refractivity contribution in [3.63, 3.8) is 0 Å². The number of nitrogens with zero attached hydrogens (tertiary/aromatic N) is 1. The molecule has 1 aromatic rings. The molecule has 1 aromatic carbocycles. The Kier molecular flexibility index (Phi) is 4.30. The minimum Gasteiger partial charge on any atom is -0.327 e. The van der Waals surface area contributed by atoms with Gasteiger partial charge in [0, 0.05) is 12.6 Å². The predicted molar refractivity (Wildman–Crippen MR) is 64.6 cm³/mol. The molecule has 1 radical (unpaired) electrons. The second-order valence-corrected chi connectivity index (χ2v) is 4.81. The van der Waals surface area contributed by atoms with Gasteiger partial charge < -0.3 is 4.90 Å². The maximum absolute atomic E-state index is 12.6. The molecule has 20 heavy (non-hydrogen) atoms. The van der Waals surface area contributed by atoms with Crippen LogP contribution in [0.3, 0.4) is 0 Å². The van der Waals surface area contributed by atoms with Crippen LogP contribution in [-0.2, 0) is 17.8 Å². The maximum Gasteiger partial charge on any atom is 0.471 e. The number of carbonyl (C=O) groups is 1. The Hall–Kier alpha value is -1.59. The van der Waals surface area contributed by atoms with Crippen molar-refractivity contribution in [2.75, 3.05) is 6.67 Å². The van der Waals surface area contributed by atoms with Gasteiger partial charge in [0.25, 0.3) is 0 Å². The summed E-state index contributed by atoms with van der Waals surface area (Å²) in [4.78, 5) is 12.3. The van der Waals surface area contributed by atoms with Gasteiger partial charge in [-0.15, -0.1) is 0 Å². The molecule has 0 bridgehead atoms. The number of halogens is 4. The Morgan fingerprint density at radius 3 is 2.80 bits per heavy atom. The third kappa shape index (κ3) is 3.11. The van der Waals surface area contributed by atoms with Crippen LogP contribution < -0.4 is 0 Å². The van der Waals surface area contributed by atoms with Crippen molar-refractivity contribution in [1.82, 2.24) is 4.90 Å². The lowest BCUT2D eigenvalue weighted by Gasteiger charge is -2.37. The first-order valence-electron chi connectivity index (χ1n) is 6.35. The van der Waals surface area contributed by atoms with Crippen molar-refractivity contribution in [3.05, 3.63) is 35.4 Å². The van der Waals surface area contributed by atoms with Gasteiger partial charge in [-0.2, -0.15) is 13.2 Å². The number of fused-ring (bicyclic) bond motifs is 1. The van der Waals surface area contributed by atoms with Gasteiger partial charge >= 0.3 is 12.1 Å². The van der Waals surface area contributed by atoms with E-state index in [2.05, 4.69) is 6.07 Å². The number of carbonyl (C=O) groups excluding carboxylic acids is 1. The van der Waals surface area contributed by atoms with Crippen LogP contribution in [0.1, 0.15) is 24.0 Å². The maximum atomic E-state index is 12.6. The molecule has 1 aliphatic heterocycles. The van der Waals surface area contributed by atoms with Gasteiger partial charge in [0.1, 0.15) is 0 Å². The highest BCUT2D eigenvalue weighted by atomic mass is 19.4. The number of amides is 1. The zero-order valence-corrected chi connectivity index (χ0v) is 10.7. The highest BCUT2D eigenvalue weighted by molar-refractivity contribution is 5.82. The number of rotatable bonds is 3. The standard InChI is InChI=1S/C14H14F4NO/c15-7-3-6-12-8-10-4-1-2-5-11(10)9-19(12)13(20)14(16,17)18/h1,4-5,12H,3,6-9H2. The fourth-order valence-corrected chi connectivity index (χ4v) is 2.49. The van der Waals surface area contributed by atoms with Crippen molar-refractivity contribution in [3.8, 4) is 0 Å². The fraction of sp³-hybridized carbons (Fsp3) is 0.500. The molecular formula is C14H14F4NO. The highest BCUT2D eigenvalue weighted by Crippen LogP contribution is 2.29. The lowest BCUT2D eigenvalue weighted by atomic mass is 9.91. The van der Waals surface area contributed by atoms with Crippen molar-refractivity contribution < 1.29 is 22.4 Å². The van der Waals surface area contributed by atoms with E-state index in [0.29, 0.717) is 12.0 Å². The molecule has 1 amide bonds. The quantitative estimate of drug-likeness (QED) is 0.783. The Bertz CT molecular complexity index is 486. The first-order valence-corrected chi connectivity index (χ1v) is 6.35. The summed E-state index contributed by atoms with van der Waals surface area (Å²) < 4.78 is 50.2. The second kappa shape index (κ2) is 5.81. The smallest absolute Gasteiger partial charge is 0.327 e. The molecule has 0 N–H and O–H groups in total. The molecule has 0 aromatic heterocycles. The van der Waals surface area contributed by atoms with Gasteiger partial charge in [-0.3, -0.25) is 9.18 Å². The van der Waals surface area contributed by atoms with E-state index in [1.807, 2.05) is 0 Å². The molecule has 109 valence electrons. The molecule has 1 heterocycles. The molecule has 0 saturated carbocycles. The molecule has 1 unspecified atom stereocenters. The third-order valence-corrected chi connectivity index (χ3v) is 3.46. The summed E-state index contributed by atoms with van der Waals surface area (Å²) in [6.45, 7) is -0.693. The summed E-state index contributed by atoms with van der Waals surface area (Å²) >= 11 is 0. The Morgan fingerprint density at radius 1 is 1.40 bits per heavy atom. The van der Waals surface area contributed by atoms with Crippen LogP contribution >= 0.6 is 0 Å². The summed E-state index contributed by atoms with van der Waals surface area (Å²) in [6, 6.07) is 7.26. The fourth-order valence-electron chi connectivity index (χ4n) is 2.49. The van der Waals surface area contributed by atoms with E-state index in [1.54, 1.807) is 18.2 Å². The number of hydrogen-bond donors (Lipinski definition) is 0. The van der Waals surface area contributed by atoms with Gasteiger partial charge in [0.15, 0.2) is 0 Å². The van der Waals surface area contributed by atoms with E-state index >= 15 is 0 Å². The average Bonchev–Trinajstić information content (AvgIpc) is 2.42. The van der Waals surface area contributed by atoms with Crippen LogP contribution in [0, 0.1) is 6.07 Å². The van der Waals surface area contributed by atoms with E-state index in [1.165, 1.54) is 0 Å². The van der Waals surface area contributed by atoms with Crippen molar-refractivity contribution >= 4 is 5.91 Å². The molecule has 0 aliphatic carbocycles. The van der Waals surface area contributed by atoms with Gasteiger partial charge in [0.2, 0.25) is 0 Å². The van der Waals surface area contributed by atoms with Crippen LogP contribution in [0.5, 0.6) is 0 Å². The minimum atomic E-state index is -4.90. The zero-order valence-electron chi connectivity index (χ0n) is 10.7. The number of hydrogen-bond acceptors (Lipinski definition) is 1. The molecule has 1 atom stereocenters. The van der Waals surface area contributed by atoms with E-state index < -0.39 is 24.8 Å². The molecular weight excluding hydrogens is 274 g/mol. The summed E-state index contributed by atoms with van der Waals surface area (Å²) in [7, 11) is 0. The summed E-state index contributed by atoms with van der Waals surface area (Å²) in [5, 5.41) is 0. The molecule has 2 nitrogen and oxygen atoms in total. The van der Waals surface area contributed by atoms with Gasteiger partial charge in [-0.1, -0.05) is 12.1 Å². The Morgan fingerprint density at radius 2 is 2.15 bits per heavy atom. The Labute approximate surface area is 114 Å². The Balaban J connectivity index is 2.25. The molecule has 2 rings (SSSR count). The van der Waals surface area contributed by atoms with Crippen LogP contribution in [0.25, 0.3) is 0 Å². The van der Waals surface area contributed by atoms with E-state index in [0.717, 1.165) is 10.5 Å². The van der Waals surface area contributed by atoms with Crippen LogP contribution in [0.15, 0.2) is 18.2 Å². The van der Waals surface area contributed by atoms with Crippen LogP contribution in [0.4, 0.5) is 17.6 Å². The molecule has 0 spiro atoms. The van der Waals surface area contributed by atoms with Crippen LogP contribution in [0.2, 0.25) is 0 Å². The lowest BCUT2D eigenvalue weighted by Crippen LogP contribution is -2.49. The van der Waals surface area contributed by atoms with Crippen molar-refractivity contribution in [1.29, 1.82) is 0 Å². The summed E-state index contributed by atoms with van der Waals surface area (Å²) in [6.07, 6.45) is -4.19. The predicted octanol–water partition coefficient (Wildman–Crippen LogP) is 3.05. The molecule has 1 aliphatic rings. The second-order valence-electron chi connectivity index (χ2n) is 4.81. The van der Waals surface area contributed by atoms with Crippen molar-refractivity contribution in [2.24, 2.45) is 0 Å². The van der Waals surface area contributed by atoms with E-state index in [9.17, 15) is 22.4 Å². The van der Waals surface area contributed by atoms with Crippen LogP contribution in [-0.4, -0.2) is 29.7 Å². The largest absolute Gasteiger partial charge is 0.471 e. The van der Waals surface area contributed by atoms with Gasteiger partial charge in [0.05, 0.1) is 6.67 Å². The minimum absolute atomic E-state index is 0.0953. The lowest BCUT2D eigenvalue weighted by molar-refractivity contribution is -0.189. The molecule has 0 fully saturated rings. The SMILES string of the molecule is O=C(N1Cc2c[c]ccc2CC1CCCF)C(F)(F)F. The normalized spacial score (nSPS) is 18.8. The molecule has 0 saturated heterocycles. The third-order valence-electron chi connectivity index (χ3n) is 3.46. The summed E-state index contributed by atoms with van der Waals surface area (Å²) in [5.74, 6) is -1.85. The highest BCUT2D eigenvalue weighted by Gasteiger charge is 2.45. The number of benzene rings is 1.